The van der Waals surface area contributed by atoms with E-state index in [0.29, 0.717) is 4.99 Å². The lowest BCUT2D eigenvalue weighted by Gasteiger charge is -2.13. The van der Waals surface area contributed by atoms with Crippen molar-refractivity contribution in [2.75, 3.05) is 12.4 Å². The molecule has 20 heavy (non-hydrogen) atoms. The highest BCUT2D eigenvalue weighted by molar-refractivity contribution is 7.81. The Morgan fingerprint density at radius 3 is 2.25 bits per heavy atom. The van der Waals surface area contributed by atoms with Crippen molar-refractivity contribution in [3.63, 3.8) is 0 Å². The molecule has 0 radical (unpaired) electrons. The van der Waals surface area contributed by atoms with Crippen LogP contribution in [0.1, 0.15) is 18.1 Å². The normalized spacial score (nSPS) is 11.0. The molecular weight excluding hydrogens is 266 g/mol. The third-order valence-electron chi connectivity index (χ3n) is 2.92. The maximum Gasteiger partial charge on any atom is 0.111 e. The maximum absolute atomic E-state index is 5.51. The smallest absolute Gasteiger partial charge is 0.111 e. The Morgan fingerprint density at radius 1 is 1.00 bits per heavy atom. The fraction of sp³-hybridized carbons (Fsp3) is 0.118. The maximum atomic E-state index is 5.51. The van der Waals surface area contributed by atoms with E-state index in [0.717, 1.165) is 22.4 Å². The zero-order valence-electron chi connectivity index (χ0n) is 11.6. The summed E-state index contributed by atoms with van der Waals surface area (Å²) in [5.41, 5.74) is 4.10. The summed E-state index contributed by atoms with van der Waals surface area (Å²) < 4.78 is 5.09. The van der Waals surface area contributed by atoms with Crippen molar-refractivity contribution in [1.29, 1.82) is 0 Å². The molecule has 2 aromatic rings. The minimum absolute atomic E-state index is 0.704. The predicted molar refractivity (Wildman–Crippen MR) is 88.9 cm³/mol. The van der Waals surface area contributed by atoms with E-state index in [2.05, 4.69) is 5.32 Å². The highest BCUT2D eigenvalue weighted by Gasteiger charge is 2.09. The van der Waals surface area contributed by atoms with Crippen LogP contribution < -0.4 is 5.32 Å². The van der Waals surface area contributed by atoms with Gasteiger partial charge in [0, 0.05) is 11.3 Å². The van der Waals surface area contributed by atoms with Gasteiger partial charge in [0.15, 0.2) is 0 Å². The van der Waals surface area contributed by atoms with Gasteiger partial charge in [0.1, 0.15) is 4.99 Å². The minimum Gasteiger partial charge on any atom is -0.504 e. The molecule has 0 unspecified atom stereocenters. The predicted octanol–water partition coefficient (Wildman–Crippen LogP) is 4.48. The molecule has 0 saturated carbocycles. The lowest BCUT2D eigenvalue weighted by Crippen LogP contribution is -2.12. The molecule has 0 heterocycles. The van der Waals surface area contributed by atoms with Crippen molar-refractivity contribution in [3.8, 4) is 0 Å². The number of nitrogens with one attached hydrogen (secondary N) is 1. The second kappa shape index (κ2) is 6.87. The largest absolute Gasteiger partial charge is 0.504 e. The molecule has 0 aromatic heterocycles. The highest BCUT2D eigenvalue weighted by Crippen LogP contribution is 2.20. The second-order valence-electron chi connectivity index (χ2n) is 4.40. The number of hydrogen-bond acceptors (Lipinski definition) is 2. The quantitative estimate of drug-likeness (QED) is 0.660. The van der Waals surface area contributed by atoms with Gasteiger partial charge < -0.3 is 10.1 Å². The summed E-state index contributed by atoms with van der Waals surface area (Å²) in [5.74, 6) is 0. The van der Waals surface area contributed by atoms with Crippen molar-refractivity contribution in [2.24, 2.45) is 0 Å². The molecule has 0 aliphatic rings. The number of para-hydroxylation sites is 1. The summed E-state index contributed by atoms with van der Waals surface area (Å²) >= 11 is 5.51. The van der Waals surface area contributed by atoms with E-state index in [4.69, 9.17) is 17.0 Å². The van der Waals surface area contributed by atoms with Gasteiger partial charge in [0.25, 0.3) is 0 Å². The number of methoxy groups -OCH3 is 1. The highest BCUT2D eigenvalue weighted by atomic mass is 32.1. The fourth-order valence-electron chi connectivity index (χ4n) is 1.99. The summed E-state index contributed by atoms with van der Waals surface area (Å²) in [7, 11) is 1.65. The van der Waals surface area contributed by atoms with E-state index in [1.807, 2.05) is 61.5 Å². The first-order valence-electron chi connectivity index (χ1n) is 6.37. The number of allylic oxidation sites excluding steroid dienone is 1. The average Bonchev–Trinajstić information content (AvgIpc) is 2.48. The Labute approximate surface area is 125 Å². The lowest BCUT2D eigenvalue weighted by atomic mass is 10.0. The molecule has 1 N–H and O–H groups in total. The Morgan fingerprint density at radius 2 is 1.60 bits per heavy atom. The van der Waals surface area contributed by atoms with E-state index in [1.165, 1.54) is 0 Å². The summed E-state index contributed by atoms with van der Waals surface area (Å²) in [4.78, 5) is 0.704. The summed E-state index contributed by atoms with van der Waals surface area (Å²) in [6.07, 6.45) is 1.73. The van der Waals surface area contributed by atoms with Gasteiger partial charge >= 0.3 is 0 Å². The van der Waals surface area contributed by atoms with Gasteiger partial charge in [-0.1, -0.05) is 54.7 Å². The number of hydrogen-bond donors (Lipinski definition) is 1. The standard InChI is InChI=1S/C17H17NOS/c1-13(12-19-2)15-10-6-7-11-16(15)17(20)18-14-8-4-3-5-9-14/h3-12H,1-2H3,(H,18,20)/b13-12+. The van der Waals surface area contributed by atoms with Gasteiger partial charge in [-0.05, 0) is 30.2 Å². The Hall–Kier alpha value is -2.13. The van der Waals surface area contributed by atoms with Gasteiger partial charge in [-0.3, -0.25) is 0 Å². The van der Waals surface area contributed by atoms with Crippen molar-refractivity contribution >= 4 is 28.5 Å². The van der Waals surface area contributed by atoms with E-state index < -0.39 is 0 Å². The first kappa shape index (κ1) is 14.3. The molecular formula is C17H17NOS. The Kier molecular flexibility index (Phi) is 4.91. The third kappa shape index (κ3) is 3.45. The van der Waals surface area contributed by atoms with Gasteiger partial charge in [0.2, 0.25) is 0 Å². The van der Waals surface area contributed by atoms with Gasteiger partial charge in [-0.15, -0.1) is 0 Å². The van der Waals surface area contributed by atoms with Crippen LogP contribution in [-0.4, -0.2) is 12.1 Å². The number of ether oxygens (including phenoxy) is 1. The van der Waals surface area contributed by atoms with Gasteiger partial charge in [0.05, 0.1) is 13.4 Å². The second-order valence-corrected chi connectivity index (χ2v) is 4.81. The van der Waals surface area contributed by atoms with Gasteiger partial charge in [-0.2, -0.15) is 0 Å². The van der Waals surface area contributed by atoms with Crippen molar-refractivity contribution in [1.82, 2.24) is 0 Å². The molecule has 2 aromatic carbocycles. The van der Waals surface area contributed by atoms with Gasteiger partial charge in [-0.25, -0.2) is 0 Å². The number of anilines is 1. The molecule has 102 valence electrons. The van der Waals surface area contributed by atoms with Crippen LogP contribution in [-0.2, 0) is 4.74 Å². The van der Waals surface area contributed by atoms with E-state index >= 15 is 0 Å². The van der Waals surface area contributed by atoms with Crippen LogP contribution in [0.4, 0.5) is 5.69 Å². The van der Waals surface area contributed by atoms with Crippen LogP contribution in [0, 0.1) is 0 Å². The molecule has 0 amide bonds. The van der Waals surface area contributed by atoms with Crippen LogP contribution >= 0.6 is 12.2 Å². The summed E-state index contributed by atoms with van der Waals surface area (Å²) in [6.45, 7) is 2.01. The van der Waals surface area contributed by atoms with Crippen LogP contribution in [0.5, 0.6) is 0 Å². The van der Waals surface area contributed by atoms with Crippen LogP contribution in [0.3, 0.4) is 0 Å². The topological polar surface area (TPSA) is 21.3 Å². The summed E-state index contributed by atoms with van der Waals surface area (Å²) in [5, 5.41) is 3.26. The van der Waals surface area contributed by atoms with Crippen LogP contribution in [0.2, 0.25) is 0 Å². The molecule has 2 nitrogen and oxygen atoms in total. The molecule has 0 aliphatic carbocycles. The molecule has 0 aliphatic heterocycles. The zero-order valence-corrected chi connectivity index (χ0v) is 12.4. The first-order valence-corrected chi connectivity index (χ1v) is 6.78. The zero-order chi connectivity index (χ0) is 14.4. The molecule has 2 rings (SSSR count). The molecule has 0 spiro atoms. The molecule has 0 atom stereocenters. The number of benzene rings is 2. The molecule has 0 saturated heterocycles. The first-order chi connectivity index (χ1) is 9.72. The summed E-state index contributed by atoms with van der Waals surface area (Å²) in [6, 6.07) is 18.0. The van der Waals surface area contributed by atoms with Crippen molar-refractivity contribution in [2.45, 2.75) is 6.92 Å². The van der Waals surface area contributed by atoms with E-state index in [1.54, 1.807) is 13.4 Å². The average molecular weight is 283 g/mol. The molecule has 3 heteroatoms. The fourth-order valence-corrected chi connectivity index (χ4v) is 2.28. The van der Waals surface area contributed by atoms with E-state index in [-0.39, 0.29) is 0 Å². The Bertz CT molecular complexity index is 620. The number of rotatable bonds is 4. The SMILES string of the molecule is CO/C=C(\C)c1ccccc1C(=S)Nc1ccccc1. The third-order valence-corrected chi connectivity index (χ3v) is 3.24. The van der Waals surface area contributed by atoms with Crippen molar-refractivity contribution in [3.05, 3.63) is 72.0 Å². The minimum atomic E-state index is 0.704. The molecule has 0 bridgehead atoms. The van der Waals surface area contributed by atoms with E-state index in [9.17, 15) is 0 Å². The van der Waals surface area contributed by atoms with Crippen molar-refractivity contribution < 1.29 is 4.74 Å². The lowest BCUT2D eigenvalue weighted by molar-refractivity contribution is 0.339. The monoisotopic (exact) mass is 283 g/mol. The molecule has 0 fully saturated rings. The van der Waals surface area contributed by atoms with Crippen LogP contribution in [0.15, 0.2) is 60.9 Å². The van der Waals surface area contributed by atoms with Crippen LogP contribution in [0.25, 0.3) is 5.57 Å². The number of thiocarbonyl (C=S) groups is 1. The Balaban J connectivity index is 2.29.